The molecule has 6 nitrogen and oxygen atoms in total. The van der Waals surface area contributed by atoms with Gasteiger partial charge in [-0.1, -0.05) is 24.3 Å². The minimum Gasteiger partial charge on any atom is -0.494 e. The lowest BCUT2D eigenvalue weighted by Crippen LogP contribution is -2.46. The number of aliphatic hydroxyl groups is 1. The SMILES string of the molecule is CCOc1cc(-c2ccc(F)cc2)c(C2CC2)cc1CN1CCC2(CC1)CN(c1ccc(CO)cc1)C(=O)O2. The number of halogens is 1. The molecule has 0 aromatic heterocycles. The number of anilines is 1. The van der Waals surface area contributed by atoms with Crippen LogP contribution in [0.25, 0.3) is 11.1 Å². The minimum absolute atomic E-state index is 0.0212. The molecule has 2 heterocycles. The van der Waals surface area contributed by atoms with E-state index in [9.17, 15) is 14.3 Å². The molecule has 0 bridgehead atoms. The molecule has 3 aromatic carbocycles. The van der Waals surface area contributed by atoms with Crippen molar-refractivity contribution in [2.24, 2.45) is 0 Å². The third-order valence-corrected chi connectivity index (χ3v) is 8.27. The van der Waals surface area contributed by atoms with Gasteiger partial charge in [-0.15, -0.1) is 0 Å². The van der Waals surface area contributed by atoms with Crippen molar-refractivity contribution < 1.29 is 23.8 Å². The lowest BCUT2D eigenvalue weighted by Gasteiger charge is -2.37. The van der Waals surface area contributed by atoms with Gasteiger partial charge in [0.1, 0.15) is 17.2 Å². The highest BCUT2D eigenvalue weighted by molar-refractivity contribution is 5.90. The maximum absolute atomic E-state index is 13.6. The smallest absolute Gasteiger partial charge is 0.415 e. The normalized spacial score (nSPS) is 18.9. The molecule has 7 heteroatoms. The monoisotopic (exact) mass is 530 g/mol. The van der Waals surface area contributed by atoms with Crippen LogP contribution in [0.4, 0.5) is 14.9 Å². The van der Waals surface area contributed by atoms with Crippen molar-refractivity contribution in [3.05, 3.63) is 83.2 Å². The topological polar surface area (TPSA) is 62.2 Å². The Morgan fingerprint density at radius 2 is 1.77 bits per heavy atom. The number of likely N-dealkylation sites (tertiary alicyclic amines) is 1. The van der Waals surface area contributed by atoms with Crippen molar-refractivity contribution in [1.29, 1.82) is 0 Å². The second-order valence-electron chi connectivity index (χ2n) is 11.0. The molecule has 1 aliphatic carbocycles. The highest BCUT2D eigenvalue weighted by atomic mass is 19.1. The maximum atomic E-state index is 13.6. The van der Waals surface area contributed by atoms with E-state index < -0.39 is 5.60 Å². The molecule has 1 amide bonds. The van der Waals surface area contributed by atoms with E-state index in [1.807, 2.05) is 43.3 Å². The lowest BCUT2D eigenvalue weighted by atomic mass is 9.90. The Bertz CT molecular complexity index is 1330. The van der Waals surface area contributed by atoms with Crippen molar-refractivity contribution in [3.8, 4) is 16.9 Å². The number of carbonyl (C=O) groups excluding carboxylic acids is 1. The lowest BCUT2D eigenvalue weighted by molar-refractivity contribution is -0.00111. The van der Waals surface area contributed by atoms with E-state index >= 15 is 0 Å². The Hall–Kier alpha value is -3.42. The first-order valence-corrected chi connectivity index (χ1v) is 13.9. The van der Waals surface area contributed by atoms with Crippen molar-refractivity contribution in [1.82, 2.24) is 4.90 Å². The summed E-state index contributed by atoms with van der Waals surface area (Å²) in [6.07, 6.45) is 3.61. The summed E-state index contributed by atoms with van der Waals surface area (Å²) in [5.74, 6) is 1.19. The second-order valence-corrected chi connectivity index (χ2v) is 11.0. The molecule has 2 aliphatic heterocycles. The van der Waals surface area contributed by atoms with Crippen LogP contribution >= 0.6 is 0 Å². The Labute approximate surface area is 229 Å². The summed E-state index contributed by atoms with van der Waals surface area (Å²) in [6, 6.07) is 18.6. The van der Waals surface area contributed by atoms with E-state index in [1.54, 1.807) is 4.90 Å². The zero-order valence-electron chi connectivity index (χ0n) is 22.4. The number of benzene rings is 3. The fourth-order valence-corrected chi connectivity index (χ4v) is 5.89. The van der Waals surface area contributed by atoms with Gasteiger partial charge in [-0.2, -0.15) is 0 Å². The summed E-state index contributed by atoms with van der Waals surface area (Å²) in [4.78, 5) is 16.9. The molecule has 0 radical (unpaired) electrons. The van der Waals surface area contributed by atoms with Crippen molar-refractivity contribution in [2.45, 2.75) is 57.3 Å². The van der Waals surface area contributed by atoms with Gasteiger partial charge in [0.25, 0.3) is 0 Å². The van der Waals surface area contributed by atoms with Gasteiger partial charge in [-0.05, 0) is 84.3 Å². The van der Waals surface area contributed by atoms with E-state index in [2.05, 4.69) is 17.0 Å². The molecule has 1 N–H and O–H groups in total. The molecule has 2 saturated heterocycles. The van der Waals surface area contributed by atoms with Gasteiger partial charge in [0.15, 0.2) is 0 Å². The van der Waals surface area contributed by atoms with Crippen LogP contribution in [-0.2, 0) is 17.9 Å². The van der Waals surface area contributed by atoms with Crippen LogP contribution < -0.4 is 9.64 Å². The summed E-state index contributed by atoms with van der Waals surface area (Å²) < 4.78 is 25.7. The van der Waals surface area contributed by atoms with E-state index in [0.717, 1.165) is 60.6 Å². The van der Waals surface area contributed by atoms with Crippen LogP contribution in [0.3, 0.4) is 0 Å². The van der Waals surface area contributed by atoms with E-state index in [4.69, 9.17) is 9.47 Å². The molecular weight excluding hydrogens is 495 g/mol. The molecule has 1 saturated carbocycles. The Morgan fingerprint density at radius 1 is 1.05 bits per heavy atom. The molecule has 39 heavy (non-hydrogen) atoms. The Balaban J connectivity index is 1.17. The summed E-state index contributed by atoms with van der Waals surface area (Å²) in [6.45, 7) is 5.52. The Kier molecular flexibility index (Phi) is 7.04. The van der Waals surface area contributed by atoms with Crippen LogP contribution in [-0.4, -0.2) is 47.9 Å². The highest BCUT2D eigenvalue weighted by Crippen LogP contribution is 2.47. The third-order valence-electron chi connectivity index (χ3n) is 8.27. The number of piperidine rings is 1. The largest absolute Gasteiger partial charge is 0.494 e. The highest BCUT2D eigenvalue weighted by Gasteiger charge is 2.47. The fraction of sp³-hybridized carbons (Fsp3) is 0.406. The van der Waals surface area contributed by atoms with E-state index in [1.165, 1.54) is 36.1 Å². The number of ether oxygens (including phenoxy) is 2. The number of carbonyl (C=O) groups is 1. The molecular formula is C32H35FN2O4. The quantitative estimate of drug-likeness (QED) is 0.373. The number of hydrogen-bond acceptors (Lipinski definition) is 5. The van der Waals surface area contributed by atoms with Gasteiger partial charge >= 0.3 is 6.09 Å². The first-order valence-electron chi connectivity index (χ1n) is 13.9. The zero-order chi connectivity index (χ0) is 27.0. The maximum Gasteiger partial charge on any atom is 0.415 e. The molecule has 3 aliphatic rings. The first-order chi connectivity index (χ1) is 19.0. The van der Waals surface area contributed by atoms with Gasteiger partial charge < -0.3 is 14.6 Å². The predicted molar refractivity (Wildman–Crippen MR) is 148 cm³/mol. The van der Waals surface area contributed by atoms with E-state index in [-0.39, 0.29) is 18.5 Å². The van der Waals surface area contributed by atoms with Gasteiger partial charge in [0.05, 0.1) is 19.8 Å². The summed E-state index contributed by atoms with van der Waals surface area (Å²) in [5.41, 5.74) is 5.78. The molecule has 3 aromatic rings. The average Bonchev–Trinajstić information content (AvgIpc) is 3.75. The second kappa shape index (κ2) is 10.6. The summed E-state index contributed by atoms with van der Waals surface area (Å²) in [7, 11) is 0. The van der Waals surface area contributed by atoms with Crippen LogP contribution in [0.15, 0.2) is 60.7 Å². The standard InChI is InChI=1S/C32H35FN2O4/c1-2-38-30-18-29(24-7-9-26(33)10-8-24)28(23-5-6-23)17-25(30)19-34-15-13-32(14-16-34)21-35(31(37)39-32)27-11-3-22(20-36)4-12-27/h3-4,7-12,17-18,23,36H,2,5-6,13-16,19-21H2,1H3. The Morgan fingerprint density at radius 3 is 2.41 bits per heavy atom. The van der Waals surface area contributed by atoms with Gasteiger partial charge in [-0.25, -0.2) is 9.18 Å². The van der Waals surface area contributed by atoms with Crippen molar-refractivity contribution in [2.75, 3.05) is 31.1 Å². The molecule has 0 unspecified atom stereocenters. The summed E-state index contributed by atoms with van der Waals surface area (Å²) >= 11 is 0. The molecule has 1 spiro atoms. The fourth-order valence-electron chi connectivity index (χ4n) is 5.89. The van der Waals surface area contributed by atoms with Crippen molar-refractivity contribution in [3.63, 3.8) is 0 Å². The minimum atomic E-state index is -0.475. The summed E-state index contributed by atoms with van der Waals surface area (Å²) in [5, 5.41) is 9.31. The van der Waals surface area contributed by atoms with Crippen molar-refractivity contribution >= 4 is 11.8 Å². The zero-order valence-corrected chi connectivity index (χ0v) is 22.4. The van der Waals surface area contributed by atoms with Crippen LogP contribution in [0.2, 0.25) is 0 Å². The molecule has 204 valence electrons. The van der Waals surface area contributed by atoms with Crippen LogP contribution in [0.5, 0.6) is 5.75 Å². The number of amides is 1. The first kappa shape index (κ1) is 25.8. The molecule has 6 rings (SSSR count). The van der Waals surface area contributed by atoms with Gasteiger partial charge in [0, 0.05) is 43.7 Å². The molecule has 3 fully saturated rings. The number of nitrogens with zero attached hydrogens (tertiary/aromatic N) is 2. The predicted octanol–water partition coefficient (Wildman–Crippen LogP) is 6.25. The van der Waals surface area contributed by atoms with Crippen LogP contribution in [0.1, 0.15) is 55.2 Å². The van der Waals surface area contributed by atoms with Gasteiger partial charge in [0.2, 0.25) is 0 Å². The number of rotatable bonds is 8. The van der Waals surface area contributed by atoms with E-state index in [0.29, 0.717) is 19.1 Å². The average molecular weight is 531 g/mol. The van der Waals surface area contributed by atoms with Gasteiger partial charge in [-0.3, -0.25) is 9.80 Å². The number of aliphatic hydroxyl groups excluding tert-OH is 1. The number of hydrogen-bond donors (Lipinski definition) is 1. The molecule has 0 atom stereocenters. The van der Waals surface area contributed by atoms with Crippen LogP contribution in [0, 0.1) is 5.82 Å². The third kappa shape index (κ3) is 5.38.